The van der Waals surface area contributed by atoms with Crippen LogP contribution in [-0.2, 0) is 15.3 Å². The first-order valence-electron chi connectivity index (χ1n) is 9.21. The minimum Gasteiger partial charge on any atom is -0.360 e. The van der Waals surface area contributed by atoms with Crippen molar-refractivity contribution in [1.82, 2.24) is 10.1 Å². The second kappa shape index (κ2) is 9.08. The van der Waals surface area contributed by atoms with Crippen LogP contribution >= 0.6 is 11.8 Å². The van der Waals surface area contributed by atoms with E-state index in [-0.39, 0.29) is 23.0 Å². The number of piperidine rings is 1. The molecule has 1 atom stereocenters. The first kappa shape index (κ1) is 19.5. The molecule has 7 heteroatoms. The number of anilines is 1. The predicted octanol–water partition coefficient (Wildman–Crippen LogP) is 3.48. The zero-order valence-corrected chi connectivity index (χ0v) is 16.5. The topological polar surface area (TPSA) is 75.4 Å². The molecule has 144 valence electrons. The summed E-state index contributed by atoms with van der Waals surface area (Å²) in [7, 11) is 0. The molecule has 6 nitrogen and oxygen atoms in total. The lowest BCUT2D eigenvalue weighted by molar-refractivity contribution is -0.133. The van der Waals surface area contributed by atoms with Crippen molar-refractivity contribution in [2.45, 2.75) is 37.7 Å². The molecule has 1 saturated heterocycles. The third-order valence-electron chi connectivity index (χ3n) is 4.75. The van der Waals surface area contributed by atoms with Crippen molar-refractivity contribution in [3.63, 3.8) is 0 Å². The molecule has 2 aromatic rings. The van der Waals surface area contributed by atoms with Gasteiger partial charge in [0.1, 0.15) is 5.76 Å². The van der Waals surface area contributed by atoms with Crippen LogP contribution in [0.2, 0.25) is 0 Å². The highest BCUT2D eigenvalue weighted by atomic mass is 32.2. The van der Waals surface area contributed by atoms with Crippen molar-refractivity contribution in [3.05, 3.63) is 47.7 Å². The molecule has 1 N–H and O–H groups in total. The minimum absolute atomic E-state index is 0.0538. The van der Waals surface area contributed by atoms with Gasteiger partial charge < -0.3 is 14.7 Å². The van der Waals surface area contributed by atoms with E-state index >= 15 is 0 Å². The van der Waals surface area contributed by atoms with E-state index in [4.69, 9.17) is 4.52 Å². The number of nitrogens with zero attached hydrogens (tertiary/aromatic N) is 2. The molecule has 2 heterocycles. The molecule has 1 aliphatic heterocycles. The van der Waals surface area contributed by atoms with Crippen LogP contribution in [-0.4, -0.2) is 40.2 Å². The second-order valence-corrected chi connectivity index (χ2v) is 8.18. The summed E-state index contributed by atoms with van der Waals surface area (Å²) < 4.78 is 4.96. The maximum absolute atomic E-state index is 12.7. The van der Waals surface area contributed by atoms with Gasteiger partial charge in [0.15, 0.2) is 5.82 Å². The van der Waals surface area contributed by atoms with Gasteiger partial charge in [0.05, 0.1) is 5.25 Å². The standard InChI is InChI=1S/C20H25N3O3S/c1-14-12-18(22-26-14)21-19(24)17-8-10-23(11-9-17)20(25)15(2)27-13-16-6-4-3-5-7-16/h3-7,12,15,17H,8-11,13H2,1-2H3,(H,21,22,24)/t15-/m1/s1. The Kier molecular flexibility index (Phi) is 6.55. The summed E-state index contributed by atoms with van der Waals surface area (Å²) in [6.07, 6.45) is 1.34. The zero-order chi connectivity index (χ0) is 19.2. The summed E-state index contributed by atoms with van der Waals surface area (Å²) in [6.45, 7) is 4.97. The SMILES string of the molecule is Cc1cc(NC(=O)C2CCN(C(=O)[C@@H](C)SCc3ccccc3)CC2)no1. The smallest absolute Gasteiger partial charge is 0.235 e. The Balaban J connectivity index is 1.43. The number of thioether (sulfide) groups is 1. The van der Waals surface area contributed by atoms with Gasteiger partial charge in [0.2, 0.25) is 11.8 Å². The van der Waals surface area contributed by atoms with E-state index in [9.17, 15) is 9.59 Å². The Hall–Kier alpha value is -2.28. The molecule has 27 heavy (non-hydrogen) atoms. The van der Waals surface area contributed by atoms with Crippen molar-refractivity contribution in [1.29, 1.82) is 0 Å². The number of nitrogens with one attached hydrogen (secondary N) is 1. The van der Waals surface area contributed by atoms with Gasteiger partial charge in [0, 0.05) is 30.8 Å². The summed E-state index contributed by atoms with van der Waals surface area (Å²) in [5, 5.41) is 6.49. The van der Waals surface area contributed by atoms with Crippen LogP contribution in [0.3, 0.4) is 0 Å². The fourth-order valence-corrected chi connectivity index (χ4v) is 4.07. The monoisotopic (exact) mass is 387 g/mol. The summed E-state index contributed by atoms with van der Waals surface area (Å²) in [4.78, 5) is 26.9. The van der Waals surface area contributed by atoms with Crippen LogP contribution in [0.5, 0.6) is 0 Å². The predicted molar refractivity (Wildman–Crippen MR) is 106 cm³/mol. The van der Waals surface area contributed by atoms with E-state index in [0.717, 1.165) is 5.75 Å². The fourth-order valence-electron chi connectivity index (χ4n) is 3.14. The van der Waals surface area contributed by atoms with Crippen molar-refractivity contribution in [2.24, 2.45) is 5.92 Å². The number of carbonyl (C=O) groups is 2. The molecule has 1 aromatic heterocycles. The highest BCUT2D eigenvalue weighted by Gasteiger charge is 2.29. The Morgan fingerprint density at radius 1 is 1.30 bits per heavy atom. The Morgan fingerprint density at radius 2 is 2.00 bits per heavy atom. The second-order valence-electron chi connectivity index (χ2n) is 6.85. The molecule has 0 unspecified atom stereocenters. The van der Waals surface area contributed by atoms with Crippen LogP contribution < -0.4 is 5.32 Å². The molecule has 0 saturated carbocycles. The van der Waals surface area contributed by atoms with Crippen LogP contribution in [0.1, 0.15) is 31.1 Å². The molecule has 3 rings (SSSR count). The molecular formula is C20H25N3O3S. The number of carbonyl (C=O) groups excluding carboxylic acids is 2. The van der Waals surface area contributed by atoms with Crippen molar-refractivity contribution >= 4 is 29.4 Å². The van der Waals surface area contributed by atoms with Gasteiger partial charge in [-0.1, -0.05) is 35.5 Å². The maximum atomic E-state index is 12.7. The Bertz CT molecular complexity index is 770. The third-order valence-corrected chi connectivity index (χ3v) is 5.95. The summed E-state index contributed by atoms with van der Waals surface area (Å²) >= 11 is 1.65. The van der Waals surface area contributed by atoms with E-state index in [1.165, 1.54) is 5.56 Å². The molecule has 1 fully saturated rings. The van der Waals surface area contributed by atoms with Gasteiger partial charge in [-0.3, -0.25) is 9.59 Å². The molecule has 0 radical (unpaired) electrons. The van der Waals surface area contributed by atoms with Crippen LogP contribution in [0.25, 0.3) is 0 Å². The van der Waals surface area contributed by atoms with Gasteiger partial charge in [-0.25, -0.2) is 0 Å². The molecule has 0 spiro atoms. The number of hydrogen-bond donors (Lipinski definition) is 1. The highest BCUT2D eigenvalue weighted by molar-refractivity contribution is 7.99. The normalized spacial score (nSPS) is 16.1. The van der Waals surface area contributed by atoms with E-state index in [1.54, 1.807) is 24.8 Å². The number of rotatable bonds is 6. The number of likely N-dealkylation sites (tertiary alicyclic amines) is 1. The van der Waals surface area contributed by atoms with Gasteiger partial charge in [-0.15, -0.1) is 11.8 Å². The molecule has 0 bridgehead atoms. The minimum atomic E-state index is -0.0988. The fraction of sp³-hybridized carbons (Fsp3) is 0.450. The lowest BCUT2D eigenvalue weighted by Crippen LogP contribution is -2.44. The van der Waals surface area contributed by atoms with Crippen LogP contribution in [0.4, 0.5) is 5.82 Å². The van der Waals surface area contributed by atoms with Gasteiger partial charge >= 0.3 is 0 Å². The van der Waals surface area contributed by atoms with Crippen molar-refractivity contribution in [2.75, 3.05) is 18.4 Å². The summed E-state index contributed by atoms with van der Waals surface area (Å²) in [5.41, 5.74) is 1.22. The lowest BCUT2D eigenvalue weighted by Gasteiger charge is -2.32. The molecule has 1 aliphatic rings. The summed E-state index contributed by atoms with van der Waals surface area (Å²) in [5.74, 6) is 1.93. The third kappa shape index (κ3) is 5.35. The van der Waals surface area contributed by atoms with E-state index < -0.39 is 0 Å². The van der Waals surface area contributed by atoms with Crippen LogP contribution in [0.15, 0.2) is 40.9 Å². The largest absolute Gasteiger partial charge is 0.360 e. The van der Waals surface area contributed by atoms with Crippen molar-refractivity contribution < 1.29 is 14.1 Å². The number of amides is 2. The average molecular weight is 388 g/mol. The first-order valence-corrected chi connectivity index (χ1v) is 10.3. The lowest BCUT2D eigenvalue weighted by atomic mass is 9.95. The van der Waals surface area contributed by atoms with E-state index in [1.807, 2.05) is 30.0 Å². The number of hydrogen-bond acceptors (Lipinski definition) is 5. The number of benzene rings is 1. The van der Waals surface area contributed by atoms with Crippen molar-refractivity contribution in [3.8, 4) is 0 Å². The molecule has 0 aliphatic carbocycles. The summed E-state index contributed by atoms with van der Waals surface area (Å²) in [6, 6.07) is 11.9. The Labute approximate surface area is 163 Å². The number of aromatic nitrogens is 1. The molecular weight excluding hydrogens is 362 g/mol. The first-order chi connectivity index (χ1) is 13.0. The molecule has 1 aromatic carbocycles. The Morgan fingerprint density at radius 3 is 2.63 bits per heavy atom. The van der Waals surface area contributed by atoms with E-state index in [0.29, 0.717) is 37.5 Å². The molecule has 2 amide bonds. The zero-order valence-electron chi connectivity index (χ0n) is 15.7. The number of aryl methyl sites for hydroxylation is 1. The average Bonchev–Trinajstić information content (AvgIpc) is 3.11. The van der Waals surface area contributed by atoms with Crippen LogP contribution in [0, 0.1) is 12.8 Å². The van der Waals surface area contributed by atoms with Gasteiger partial charge in [-0.2, -0.15) is 0 Å². The maximum Gasteiger partial charge on any atom is 0.235 e. The van der Waals surface area contributed by atoms with E-state index in [2.05, 4.69) is 22.6 Å². The van der Waals surface area contributed by atoms with Gasteiger partial charge in [-0.05, 0) is 32.3 Å². The van der Waals surface area contributed by atoms with Gasteiger partial charge in [0.25, 0.3) is 0 Å². The quantitative estimate of drug-likeness (QED) is 0.821. The highest BCUT2D eigenvalue weighted by Crippen LogP contribution is 2.24.